The minimum absolute atomic E-state index is 0.00530. The topological polar surface area (TPSA) is 67.2 Å². The SMILES string of the molecule is CCNC(=O)CCNc1ccc(C(F)(F)F)cc1N. The van der Waals surface area contributed by atoms with Crippen molar-refractivity contribution >= 4 is 17.3 Å². The molecule has 0 saturated heterocycles. The van der Waals surface area contributed by atoms with Crippen LogP contribution >= 0.6 is 0 Å². The lowest BCUT2D eigenvalue weighted by Gasteiger charge is -2.12. The van der Waals surface area contributed by atoms with Crippen LogP contribution in [0.25, 0.3) is 0 Å². The second-order valence-corrected chi connectivity index (χ2v) is 3.93. The summed E-state index contributed by atoms with van der Waals surface area (Å²) in [4.78, 5) is 11.2. The number of anilines is 2. The molecule has 19 heavy (non-hydrogen) atoms. The van der Waals surface area contributed by atoms with Crippen LogP contribution in [0.4, 0.5) is 24.5 Å². The molecular weight excluding hydrogens is 259 g/mol. The van der Waals surface area contributed by atoms with Crippen LogP contribution in [-0.4, -0.2) is 19.0 Å². The molecule has 0 atom stereocenters. The molecule has 0 saturated carbocycles. The van der Waals surface area contributed by atoms with Gasteiger partial charge in [-0.15, -0.1) is 0 Å². The number of rotatable bonds is 5. The third kappa shape index (κ3) is 4.69. The van der Waals surface area contributed by atoms with Gasteiger partial charge in [0.25, 0.3) is 0 Å². The molecule has 0 aliphatic carbocycles. The molecule has 0 unspecified atom stereocenters. The maximum atomic E-state index is 12.4. The van der Waals surface area contributed by atoms with E-state index in [4.69, 9.17) is 5.73 Å². The van der Waals surface area contributed by atoms with Crippen molar-refractivity contribution in [2.24, 2.45) is 0 Å². The van der Waals surface area contributed by atoms with E-state index in [-0.39, 0.29) is 18.0 Å². The van der Waals surface area contributed by atoms with Gasteiger partial charge in [0.1, 0.15) is 0 Å². The average Bonchev–Trinajstić information content (AvgIpc) is 2.30. The normalized spacial score (nSPS) is 11.2. The molecule has 0 bridgehead atoms. The zero-order chi connectivity index (χ0) is 14.5. The molecule has 7 heteroatoms. The average molecular weight is 275 g/mol. The maximum Gasteiger partial charge on any atom is 0.416 e. The summed E-state index contributed by atoms with van der Waals surface area (Å²) in [6.07, 6.45) is -4.18. The number of nitrogen functional groups attached to an aromatic ring is 1. The molecule has 0 radical (unpaired) electrons. The lowest BCUT2D eigenvalue weighted by Crippen LogP contribution is -2.24. The van der Waals surface area contributed by atoms with Crippen molar-refractivity contribution in [1.29, 1.82) is 0 Å². The van der Waals surface area contributed by atoms with Gasteiger partial charge in [0, 0.05) is 19.5 Å². The summed E-state index contributed by atoms with van der Waals surface area (Å²) in [5.74, 6) is -0.125. The van der Waals surface area contributed by atoms with Crippen LogP contribution in [0, 0.1) is 0 Å². The standard InChI is InChI=1S/C12H16F3N3O/c1-2-17-11(19)5-6-18-10-4-3-8(7-9(10)16)12(13,14)15/h3-4,7,18H,2,5-6,16H2,1H3,(H,17,19). The van der Waals surface area contributed by atoms with E-state index >= 15 is 0 Å². The Kier molecular flexibility index (Phi) is 5.02. The van der Waals surface area contributed by atoms with Gasteiger partial charge in [-0.05, 0) is 25.1 Å². The first-order valence-corrected chi connectivity index (χ1v) is 5.82. The summed E-state index contributed by atoms with van der Waals surface area (Å²) < 4.78 is 37.2. The Balaban J connectivity index is 2.58. The highest BCUT2D eigenvalue weighted by Gasteiger charge is 2.30. The van der Waals surface area contributed by atoms with Crippen molar-refractivity contribution in [3.63, 3.8) is 0 Å². The highest BCUT2D eigenvalue weighted by molar-refractivity contribution is 5.76. The van der Waals surface area contributed by atoms with Crippen molar-refractivity contribution in [3.05, 3.63) is 23.8 Å². The Morgan fingerprint density at radius 1 is 1.37 bits per heavy atom. The number of amides is 1. The van der Waals surface area contributed by atoms with Gasteiger partial charge in [-0.1, -0.05) is 0 Å². The second-order valence-electron chi connectivity index (χ2n) is 3.93. The van der Waals surface area contributed by atoms with E-state index in [1.54, 1.807) is 6.92 Å². The van der Waals surface area contributed by atoms with Gasteiger partial charge in [0.05, 0.1) is 16.9 Å². The molecule has 4 nitrogen and oxygen atoms in total. The lowest BCUT2D eigenvalue weighted by atomic mass is 10.1. The quantitative estimate of drug-likeness (QED) is 0.722. The summed E-state index contributed by atoms with van der Waals surface area (Å²) in [6, 6.07) is 3.08. The summed E-state index contributed by atoms with van der Waals surface area (Å²) in [5.41, 5.74) is 5.13. The van der Waals surface area contributed by atoms with E-state index in [0.717, 1.165) is 12.1 Å². The molecule has 1 aromatic rings. The van der Waals surface area contributed by atoms with Crippen molar-refractivity contribution in [2.75, 3.05) is 24.1 Å². The van der Waals surface area contributed by atoms with Crippen LogP contribution in [0.15, 0.2) is 18.2 Å². The molecule has 0 spiro atoms. The van der Waals surface area contributed by atoms with E-state index < -0.39 is 11.7 Å². The fourth-order valence-corrected chi connectivity index (χ4v) is 1.50. The number of alkyl halides is 3. The van der Waals surface area contributed by atoms with Crippen LogP contribution in [0.2, 0.25) is 0 Å². The Labute approximate surface area is 109 Å². The minimum atomic E-state index is -4.41. The zero-order valence-corrected chi connectivity index (χ0v) is 10.5. The summed E-state index contributed by atoms with van der Waals surface area (Å²) in [7, 11) is 0. The lowest BCUT2D eigenvalue weighted by molar-refractivity contribution is -0.137. The van der Waals surface area contributed by atoms with Crippen LogP contribution in [0.1, 0.15) is 18.9 Å². The monoisotopic (exact) mass is 275 g/mol. The molecule has 0 aromatic heterocycles. The number of nitrogens with two attached hydrogens (primary N) is 1. The minimum Gasteiger partial charge on any atom is -0.397 e. The molecule has 1 aromatic carbocycles. The van der Waals surface area contributed by atoms with Crippen molar-refractivity contribution in [2.45, 2.75) is 19.5 Å². The molecule has 1 amide bonds. The van der Waals surface area contributed by atoms with Crippen LogP contribution in [0.5, 0.6) is 0 Å². The van der Waals surface area contributed by atoms with Crippen LogP contribution in [0.3, 0.4) is 0 Å². The number of nitrogens with one attached hydrogen (secondary N) is 2. The third-order valence-electron chi connectivity index (χ3n) is 2.42. The molecule has 1 rings (SSSR count). The summed E-state index contributed by atoms with van der Waals surface area (Å²) >= 11 is 0. The highest BCUT2D eigenvalue weighted by Crippen LogP contribution is 2.32. The maximum absolute atomic E-state index is 12.4. The van der Waals surface area contributed by atoms with Gasteiger partial charge in [0.15, 0.2) is 0 Å². The Morgan fingerprint density at radius 2 is 2.05 bits per heavy atom. The zero-order valence-electron chi connectivity index (χ0n) is 10.5. The van der Waals surface area contributed by atoms with Crippen molar-refractivity contribution < 1.29 is 18.0 Å². The van der Waals surface area contributed by atoms with E-state index in [1.807, 2.05) is 0 Å². The highest BCUT2D eigenvalue weighted by atomic mass is 19.4. The fraction of sp³-hybridized carbons (Fsp3) is 0.417. The van der Waals surface area contributed by atoms with Crippen molar-refractivity contribution in [3.8, 4) is 0 Å². The van der Waals surface area contributed by atoms with E-state index in [2.05, 4.69) is 10.6 Å². The number of hydrogen-bond donors (Lipinski definition) is 3. The number of carbonyl (C=O) groups excluding carboxylic acids is 1. The molecule has 0 aliphatic heterocycles. The molecular formula is C12H16F3N3O. The first kappa shape index (κ1) is 15.1. The first-order valence-electron chi connectivity index (χ1n) is 5.82. The Bertz CT molecular complexity index is 446. The molecule has 0 fully saturated rings. The van der Waals surface area contributed by atoms with Crippen molar-refractivity contribution in [1.82, 2.24) is 5.32 Å². The molecule has 0 heterocycles. The largest absolute Gasteiger partial charge is 0.416 e. The number of carbonyl (C=O) groups is 1. The van der Waals surface area contributed by atoms with Gasteiger partial charge in [-0.25, -0.2) is 0 Å². The van der Waals surface area contributed by atoms with Gasteiger partial charge in [-0.3, -0.25) is 4.79 Å². The number of benzene rings is 1. The van der Waals surface area contributed by atoms with Gasteiger partial charge >= 0.3 is 6.18 Å². The number of hydrogen-bond acceptors (Lipinski definition) is 3. The van der Waals surface area contributed by atoms with E-state index in [1.165, 1.54) is 6.07 Å². The van der Waals surface area contributed by atoms with E-state index in [0.29, 0.717) is 18.8 Å². The third-order valence-corrected chi connectivity index (χ3v) is 2.42. The predicted octanol–water partition coefficient (Wildman–Crippen LogP) is 2.23. The molecule has 106 valence electrons. The first-order chi connectivity index (χ1) is 8.84. The second kappa shape index (κ2) is 6.31. The fourth-order valence-electron chi connectivity index (χ4n) is 1.50. The smallest absolute Gasteiger partial charge is 0.397 e. The molecule has 4 N–H and O–H groups in total. The Morgan fingerprint density at radius 3 is 2.58 bits per heavy atom. The summed E-state index contributed by atoms with van der Waals surface area (Å²) in [6.45, 7) is 2.65. The predicted molar refractivity (Wildman–Crippen MR) is 67.6 cm³/mol. The summed E-state index contributed by atoms with van der Waals surface area (Å²) in [5, 5.41) is 5.44. The van der Waals surface area contributed by atoms with Gasteiger partial charge in [-0.2, -0.15) is 13.2 Å². The van der Waals surface area contributed by atoms with Gasteiger partial charge < -0.3 is 16.4 Å². The van der Waals surface area contributed by atoms with E-state index in [9.17, 15) is 18.0 Å². The Hall–Kier alpha value is -1.92. The van der Waals surface area contributed by atoms with Crippen LogP contribution in [-0.2, 0) is 11.0 Å². The molecule has 0 aliphatic rings. The van der Waals surface area contributed by atoms with Crippen LogP contribution < -0.4 is 16.4 Å². The number of halogens is 3. The van der Waals surface area contributed by atoms with Gasteiger partial charge in [0.2, 0.25) is 5.91 Å².